The van der Waals surface area contributed by atoms with Gasteiger partial charge in [0.1, 0.15) is 6.42 Å². The standard InChI is InChI=1S/C19H21N3O2/c20-12-10-19(24)22-17-8-6-15(7-9-17)11-13-21-14-18(23)16-4-2-1-3-5-16/h1-9,18,21,23H,10-11,13-14H2,(H,22,24). The van der Waals surface area contributed by atoms with Crippen LogP contribution < -0.4 is 10.6 Å². The fraction of sp³-hybridized carbons (Fsp3) is 0.263. The van der Waals surface area contributed by atoms with Crippen molar-refractivity contribution < 1.29 is 9.90 Å². The maximum Gasteiger partial charge on any atom is 0.238 e. The summed E-state index contributed by atoms with van der Waals surface area (Å²) in [4.78, 5) is 11.3. The summed E-state index contributed by atoms with van der Waals surface area (Å²) in [6, 6.07) is 18.9. The van der Waals surface area contributed by atoms with Gasteiger partial charge in [-0.15, -0.1) is 0 Å². The van der Waals surface area contributed by atoms with Gasteiger partial charge in [0, 0.05) is 12.2 Å². The van der Waals surface area contributed by atoms with Gasteiger partial charge in [-0.2, -0.15) is 5.26 Å². The largest absolute Gasteiger partial charge is 0.387 e. The fourth-order valence-corrected chi connectivity index (χ4v) is 2.30. The number of carbonyl (C=O) groups is 1. The average molecular weight is 323 g/mol. The molecule has 0 bridgehead atoms. The Labute approximate surface area is 141 Å². The molecular weight excluding hydrogens is 302 g/mol. The molecule has 124 valence electrons. The number of nitrogens with zero attached hydrogens (tertiary/aromatic N) is 1. The molecule has 0 spiro atoms. The van der Waals surface area contributed by atoms with Crippen molar-refractivity contribution >= 4 is 11.6 Å². The Morgan fingerprint density at radius 2 is 1.83 bits per heavy atom. The molecule has 3 N–H and O–H groups in total. The predicted molar refractivity (Wildman–Crippen MR) is 93.3 cm³/mol. The fourth-order valence-electron chi connectivity index (χ4n) is 2.30. The van der Waals surface area contributed by atoms with Crippen molar-refractivity contribution in [3.05, 3.63) is 65.7 Å². The number of anilines is 1. The summed E-state index contributed by atoms with van der Waals surface area (Å²) in [6.45, 7) is 1.26. The van der Waals surface area contributed by atoms with Gasteiger partial charge < -0.3 is 15.7 Å². The maximum atomic E-state index is 11.3. The number of amides is 1. The molecule has 1 unspecified atom stereocenters. The van der Waals surface area contributed by atoms with Crippen LogP contribution in [0.15, 0.2) is 54.6 Å². The van der Waals surface area contributed by atoms with Gasteiger partial charge in [-0.25, -0.2) is 0 Å². The van der Waals surface area contributed by atoms with E-state index in [4.69, 9.17) is 5.26 Å². The van der Waals surface area contributed by atoms with Crippen LogP contribution in [0.25, 0.3) is 0 Å². The Balaban J connectivity index is 1.71. The number of aliphatic hydroxyl groups excluding tert-OH is 1. The molecule has 1 amide bonds. The molecule has 5 heteroatoms. The number of nitriles is 1. The third-order valence-corrected chi connectivity index (χ3v) is 3.59. The van der Waals surface area contributed by atoms with Gasteiger partial charge in [0.15, 0.2) is 0 Å². The molecule has 5 nitrogen and oxygen atoms in total. The summed E-state index contributed by atoms with van der Waals surface area (Å²) < 4.78 is 0. The Morgan fingerprint density at radius 1 is 1.12 bits per heavy atom. The van der Waals surface area contributed by atoms with E-state index in [1.807, 2.05) is 60.7 Å². The molecule has 2 rings (SSSR count). The molecule has 0 fully saturated rings. The Bertz CT molecular complexity index is 678. The van der Waals surface area contributed by atoms with Crippen LogP contribution in [0.4, 0.5) is 5.69 Å². The van der Waals surface area contributed by atoms with Crippen LogP contribution in [-0.4, -0.2) is 24.1 Å². The van der Waals surface area contributed by atoms with Crippen molar-refractivity contribution in [3.63, 3.8) is 0 Å². The van der Waals surface area contributed by atoms with Gasteiger partial charge in [0.25, 0.3) is 0 Å². The lowest BCUT2D eigenvalue weighted by Gasteiger charge is -2.12. The monoisotopic (exact) mass is 323 g/mol. The average Bonchev–Trinajstić information content (AvgIpc) is 2.61. The second-order valence-electron chi connectivity index (χ2n) is 5.46. The second-order valence-corrected chi connectivity index (χ2v) is 5.46. The van der Waals surface area contributed by atoms with Crippen LogP contribution in [0.2, 0.25) is 0 Å². The minimum absolute atomic E-state index is 0.143. The molecule has 0 aliphatic rings. The first-order chi connectivity index (χ1) is 11.7. The zero-order valence-corrected chi connectivity index (χ0v) is 13.4. The normalized spacial score (nSPS) is 11.5. The Morgan fingerprint density at radius 3 is 2.50 bits per heavy atom. The van der Waals surface area contributed by atoms with E-state index < -0.39 is 6.10 Å². The third kappa shape index (κ3) is 5.84. The predicted octanol–water partition coefficient (Wildman–Crippen LogP) is 2.40. The highest BCUT2D eigenvalue weighted by atomic mass is 16.3. The molecule has 0 aromatic heterocycles. The van der Waals surface area contributed by atoms with E-state index in [1.165, 1.54) is 0 Å². The number of rotatable bonds is 8. The molecule has 24 heavy (non-hydrogen) atoms. The van der Waals surface area contributed by atoms with Gasteiger partial charge in [-0.05, 0) is 36.2 Å². The topological polar surface area (TPSA) is 85.2 Å². The van der Waals surface area contributed by atoms with Crippen molar-refractivity contribution in [2.45, 2.75) is 18.9 Å². The van der Waals surface area contributed by atoms with Gasteiger partial charge in [0.2, 0.25) is 5.91 Å². The Kier molecular flexibility index (Phi) is 6.96. The van der Waals surface area contributed by atoms with E-state index in [-0.39, 0.29) is 12.3 Å². The molecule has 0 saturated carbocycles. The zero-order valence-electron chi connectivity index (χ0n) is 13.4. The van der Waals surface area contributed by atoms with Crippen LogP contribution in [0.1, 0.15) is 23.7 Å². The Hall–Kier alpha value is -2.68. The molecule has 0 aliphatic heterocycles. The first-order valence-electron chi connectivity index (χ1n) is 7.88. The summed E-state index contributed by atoms with van der Waals surface area (Å²) in [7, 11) is 0. The molecule has 2 aromatic rings. The number of hydrogen-bond donors (Lipinski definition) is 3. The first kappa shape index (κ1) is 17.7. The summed E-state index contributed by atoms with van der Waals surface area (Å²) in [5.41, 5.74) is 2.73. The van der Waals surface area contributed by atoms with Crippen LogP contribution in [0.3, 0.4) is 0 Å². The smallest absolute Gasteiger partial charge is 0.238 e. The summed E-state index contributed by atoms with van der Waals surface area (Å²) in [6.07, 6.45) is 0.174. The lowest BCUT2D eigenvalue weighted by Crippen LogP contribution is -2.23. The minimum atomic E-state index is -0.510. The van der Waals surface area contributed by atoms with E-state index in [0.717, 1.165) is 24.1 Å². The van der Waals surface area contributed by atoms with Crippen molar-refractivity contribution in [1.29, 1.82) is 5.26 Å². The van der Waals surface area contributed by atoms with Crippen molar-refractivity contribution in [1.82, 2.24) is 5.32 Å². The first-order valence-corrected chi connectivity index (χ1v) is 7.88. The van der Waals surface area contributed by atoms with Gasteiger partial charge >= 0.3 is 0 Å². The maximum absolute atomic E-state index is 11.3. The van der Waals surface area contributed by atoms with E-state index >= 15 is 0 Å². The number of hydrogen-bond acceptors (Lipinski definition) is 4. The van der Waals surface area contributed by atoms with Crippen molar-refractivity contribution in [3.8, 4) is 6.07 Å². The van der Waals surface area contributed by atoms with E-state index in [9.17, 15) is 9.90 Å². The molecule has 0 radical (unpaired) electrons. The molecule has 2 aromatic carbocycles. The minimum Gasteiger partial charge on any atom is -0.387 e. The van der Waals surface area contributed by atoms with Crippen LogP contribution >= 0.6 is 0 Å². The lowest BCUT2D eigenvalue weighted by molar-refractivity contribution is -0.115. The third-order valence-electron chi connectivity index (χ3n) is 3.59. The SMILES string of the molecule is N#CCC(=O)Nc1ccc(CCNCC(O)c2ccccc2)cc1. The van der Waals surface area contributed by atoms with Crippen LogP contribution in [0, 0.1) is 11.3 Å². The van der Waals surface area contributed by atoms with Gasteiger partial charge in [-0.3, -0.25) is 4.79 Å². The zero-order chi connectivity index (χ0) is 17.2. The lowest BCUT2D eigenvalue weighted by atomic mass is 10.1. The highest BCUT2D eigenvalue weighted by molar-refractivity contribution is 5.91. The number of aliphatic hydroxyl groups is 1. The number of carbonyl (C=O) groups excluding carboxylic acids is 1. The molecule has 1 atom stereocenters. The van der Waals surface area contributed by atoms with Gasteiger partial charge in [-0.1, -0.05) is 42.5 Å². The summed E-state index contributed by atoms with van der Waals surface area (Å²) >= 11 is 0. The van der Waals surface area contributed by atoms with E-state index in [2.05, 4.69) is 10.6 Å². The number of benzene rings is 2. The summed E-state index contributed by atoms with van der Waals surface area (Å²) in [5, 5.41) is 24.4. The molecule has 0 saturated heterocycles. The van der Waals surface area contributed by atoms with Crippen molar-refractivity contribution in [2.75, 3.05) is 18.4 Å². The van der Waals surface area contributed by atoms with Crippen molar-refractivity contribution in [2.24, 2.45) is 0 Å². The molecule has 0 heterocycles. The summed E-state index contributed by atoms with van der Waals surface area (Å²) in [5.74, 6) is -0.304. The number of nitrogens with one attached hydrogen (secondary N) is 2. The highest BCUT2D eigenvalue weighted by Gasteiger charge is 2.05. The van der Waals surface area contributed by atoms with Crippen LogP contribution in [-0.2, 0) is 11.2 Å². The molecular formula is C19H21N3O2. The van der Waals surface area contributed by atoms with Crippen LogP contribution in [0.5, 0.6) is 0 Å². The quantitative estimate of drug-likeness (QED) is 0.651. The second kappa shape index (κ2) is 9.46. The van der Waals surface area contributed by atoms with E-state index in [1.54, 1.807) is 0 Å². The van der Waals surface area contributed by atoms with E-state index in [0.29, 0.717) is 12.2 Å². The highest BCUT2D eigenvalue weighted by Crippen LogP contribution is 2.12. The molecule has 0 aliphatic carbocycles. The van der Waals surface area contributed by atoms with Gasteiger partial charge in [0.05, 0.1) is 12.2 Å².